The average molecular weight is 881 g/mol. The van der Waals surface area contributed by atoms with Crippen LogP contribution in [0.15, 0.2) is 80.4 Å². The lowest BCUT2D eigenvalue weighted by Crippen LogP contribution is -2.34. The summed E-state index contributed by atoms with van der Waals surface area (Å²) >= 11 is 9.02. The Bertz CT molecular complexity index is 1910. The van der Waals surface area contributed by atoms with E-state index in [0.29, 0.717) is 46.5 Å². The van der Waals surface area contributed by atoms with Crippen molar-refractivity contribution in [2.45, 2.75) is 12.2 Å². The van der Waals surface area contributed by atoms with Gasteiger partial charge in [0.25, 0.3) is 5.91 Å². The molecule has 3 N–H and O–H groups in total. The summed E-state index contributed by atoms with van der Waals surface area (Å²) in [4.78, 5) is 56.5. The number of hydrogen-bond donors (Lipinski definition) is 3. The monoisotopic (exact) mass is 878 g/mol. The van der Waals surface area contributed by atoms with E-state index in [0.717, 1.165) is 13.3 Å². The smallest absolute Gasteiger partial charge is 0.414 e. The standard InChI is InChI=1S/C16H12BrN3O3S.C12H13N3O2.C5H3BrO2S.ClH/c1-18-10-2-4-11(5-3-10)20-9-12(23-16(20)22)8-19-15(21)13-6-7-14(17)24-13;1-13-7-11-8-15(12(16)17-11)10-5-3-9(14-2)4-6-10;6-4-2-1-3(9-4)5(7)8;/h2-7,12H,8-9H2,(H,19,21);3-6,11,13H,7-8H2,1H3;1-2H,(H,7,8);1H/t12-;11-;;/m00../s1. The predicted octanol–water partition coefficient (Wildman–Crippen LogP) is 8.23. The number of carboxylic acids is 1. The second kappa shape index (κ2) is 19.8. The number of amides is 3. The van der Waals surface area contributed by atoms with Gasteiger partial charge in [-0.3, -0.25) is 14.6 Å². The molecular formula is C33H29Br2ClN6O7S2. The first kappa shape index (κ1) is 40.9. The van der Waals surface area contributed by atoms with Gasteiger partial charge in [0.15, 0.2) is 11.4 Å². The lowest BCUT2D eigenvalue weighted by molar-refractivity contribution is 0.0701. The van der Waals surface area contributed by atoms with E-state index < -0.39 is 18.2 Å². The number of nitrogens with one attached hydrogen (secondary N) is 2. The second-order valence-electron chi connectivity index (χ2n) is 10.3. The fourth-order valence-corrected chi connectivity index (χ4v) is 7.01. The van der Waals surface area contributed by atoms with Crippen molar-refractivity contribution in [3.63, 3.8) is 0 Å². The molecule has 6 rings (SSSR count). The van der Waals surface area contributed by atoms with Crippen LogP contribution in [0, 0.1) is 13.1 Å². The van der Waals surface area contributed by atoms with E-state index >= 15 is 0 Å². The summed E-state index contributed by atoms with van der Waals surface area (Å²) in [5, 5.41) is 14.1. The lowest BCUT2D eigenvalue weighted by atomic mass is 10.2. The Balaban J connectivity index is 0.000000226. The van der Waals surface area contributed by atoms with Crippen molar-refractivity contribution >= 4 is 114 Å². The number of thiophene rings is 2. The molecule has 0 spiro atoms. The Hall–Kier alpha value is -4.49. The summed E-state index contributed by atoms with van der Waals surface area (Å²) in [5.41, 5.74) is 2.51. The molecule has 0 bridgehead atoms. The van der Waals surface area contributed by atoms with Gasteiger partial charge in [-0.25, -0.2) is 24.1 Å². The van der Waals surface area contributed by atoms with Crippen molar-refractivity contribution in [1.82, 2.24) is 10.6 Å². The number of aromatic carboxylic acids is 1. The molecule has 0 radical (unpaired) electrons. The van der Waals surface area contributed by atoms with Gasteiger partial charge in [0.05, 0.1) is 45.2 Å². The third-order valence-electron chi connectivity index (χ3n) is 6.83. The highest BCUT2D eigenvalue weighted by Crippen LogP contribution is 2.26. The topological polar surface area (TPSA) is 146 Å². The zero-order chi connectivity index (χ0) is 36.2. The summed E-state index contributed by atoms with van der Waals surface area (Å²) in [6.45, 7) is 15.6. The number of ether oxygens (including phenoxy) is 2. The van der Waals surface area contributed by atoms with Crippen LogP contribution in [0.2, 0.25) is 0 Å². The minimum Gasteiger partial charge on any atom is -0.477 e. The van der Waals surface area contributed by atoms with Crippen LogP contribution in [0.5, 0.6) is 0 Å². The molecule has 2 aliphatic rings. The van der Waals surface area contributed by atoms with E-state index in [9.17, 15) is 19.2 Å². The van der Waals surface area contributed by atoms with E-state index in [-0.39, 0.29) is 37.1 Å². The number of carboxylic acid groups (broad SMARTS) is 1. The van der Waals surface area contributed by atoms with Gasteiger partial charge in [0, 0.05) is 17.9 Å². The number of likely N-dealkylation sites (N-methyl/N-ethyl adjacent to an activating group) is 1. The molecule has 2 saturated heterocycles. The van der Waals surface area contributed by atoms with Crippen LogP contribution < -0.4 is 20.4 Å². The Kier molecular flexibility index (Phi) is 15.9. The molecule has 4 aromatic rings. The van der Waals surface area contributed by atoms with Crippen molar-refractivity contribution < 1.29 is 33.8 Å². The van der Waals surface area contributed by atoms with E-state index in [2.05, 4.69) is 52.2 Å². The van der Waals surface area contributed by atoms with Gasteiger partial charge >= 0.3 is 18.2 Å². The van der Waals surface area contributed by atoms with E-state index in [1.54, 1.807) is 71.6 Å². The molecule has 13 nitrogen and oxygen atoms in total. The molecule has 266 valence electrons. The minimum absolute atomic E-state index is 0. The van der Waals surface area contributed by atoms with Crippen LogP contribution in [-0.4, -0.2) is 74.6 Å². The molecule has 2 atom stereocenters. The number of benzene rings is 2. The molecule has 4 heterocycles. The number of hydrogen-bond acceptors (Lipinski definition) is 9. The first-order valence-corrected chi connectivity index (χ1v) is 17.8. The molecule has 0 saturated carbocycles. The van der Waals surface area contributed by atoms with Gasteiger partial charge < -0.3 is 25.2 Å². The van der Waals surface area contributed by atoms with Gasteiger partial charge in [-0.15, -0.1) is 35.1 Å². The van der Waals surface area contributed by atoms with Crippen molar-refractivity contribution in [1.29, 1.82) is 0 Å². The Labute approximate surface area is 324 Å². The van der Waals surface area contributed by atoms with E-state index in [1.165, 1.54) is 27.6 Å². The maximum atomic E-state index is 12.0. The fraction of sp³-hybridized carbons (Fsp3) is 0.212. The third kappa shape index (κ3) is 11.8. The van der Waals surface area contributed by atoms with Crippen molar-refractivity contribution in [2.75, 3.05) is 43.0 Å². The van der Waals surface area contributed by atoms with Gasteiger partial charge in [-0.2, -0.15) is 0 Å². The highest BCUT2D eigenvalue weighted by atomic mass is 79.9. The zero-order valence-electron chi connectivity index (χ0n) is 26.6. The Morgan fingerprint density at radius 1 is 0.784 bits per heavy atom. The molecule has 2 aliphatic heterocycles. The maximum Gasteiger partial charge on any atom is 0.414 e. The molecule has 3 amide bonds. The average Bonchev–Trinajstić information content (AvgIpc) is 3.92. The number of carbonyl (C=O) groups excluding carboxylic acids is 3. The summed E-state index contributed by atoms with van der Waals surface area (Å²) in [6.07, 6.45) is -1.32. The molecule has 2 aromatic heterocycles. The van der Waals surface area contributed by atoms with Crippen LogP contribution in [0.4, 0.5) is 32.3 Å². The number of anilines is 2. The third-order valence-corrected chi connectivity index (χ3v) is 10.1. The predicted molar refractivity (Wildman–Crippen MR) is 205 cm³/mol. The van der Waals surface area contributed by atoms with Gasteiger partial charge in [-0.1, -0.05) is 24.3 Å². The summed E-state index contributed by atoms with van der Waals surface area (Å²) < 4.78 is 12.2. The Morgan fingerprint density at radius 2 is 1.22 bits per heavy atom. The molecule has 2 fully saturated rings. The molecule has 0 aliphatic carbocycles. The summed E-state index contributed by atoms with van der Waals surface area (Å²) in [7, 11) is 1.82. The van der Waals surface area contributed by atoms with Gasteiger partial charge in [0.1, 0.15) is 17.1 Å². The normalized spacial score (nSPS) is 15.8. The number of nitrogens with zero attached hydrogens (tertiary/aromatic N) is 4. The van der Waals surface area contributed by atoms with Crippen LogP contribution in [0.1, 0.15) is 19.3 Å². The molecular weight excluding hydrogens is 852 g/mol. The van der Waals surface area contributed by atoms with Gasteiger partial charge in [0.2, 0.25) is 0 Å². The van der Waals surface area contributed by atoms with Crippen molar-refractivity contribution in [2.24, 2.45) is 0 Å². The molecule has 2 aromatic carbocycles. The minimum atomic E-state index is -0.870. The molecule has 0 unspecified atom stereocenters. The number of cyclic esters (lactones) is 2. The SMILES string of the molecule is Cl.O=C(O)c1ccc(Br)s1.[C-]#[N+]c1ccc(N2C[C@H](CNC(=O)c3ccc(Br)s3)OC2=O)cc1.[C-]#[N+]c1ccc(N2C[C@H](CNC)OC2=O)cc1. The lowest BCUT2D eigenvalue weighted by Gasteiger charge is -2.13. The highest BCUT2D eigenvalue weighted by molar-refractivity contribution is 9.11. The zero-order valence-corrected chi connectivity index (χ0v) is 32.2. The number of carbonyl (C=O) groups is 4. The van der Waals surface area contributed by atoms with Crippen molar-refractivity contribution in [3.05, 3.63) is 113 Å². The van der Waals surface area contributed by atoms with Crippen LogP contribution in [0.25, 0.3) is 9.69 Å². The van der Waals surface area contributed by atoms with Crippen LogP contribution in [0.3, 0.4) is 0 Å². The maximum absolute atomic E-state index is 12.0. The number of rotatable bonds is 8. The highest BCUT2D eigenvalue weighted by Gasteiger charge is 2.33. The molecule has 18 heteroatoms. The number of halogens is 3. The largest absolute Gasteiger partial charge is 0.477 e. The van der Waals surface area contributed by atoms with Crippen LogP contribution in [-0.2, 0) is 9.47 Å². The van der Waals surface area contributed by atoms with E-state index in [1.807, 2.05) is 13.1 Å². The van der Waals surface area contributed by atoms with E-state index in [4.69, 9.17) is 27.7 Å². The Morgan fingerprint density at radius 3 is 1.57 bits per heavy atom. The van der Waals surface area contributed by atoms with Gasteiger partial charge in [-0.05, 0) is 87.4 Å². The van der Waals surface area contributed by atoms with Crippen LogP contribution >= 0.6 is 66.9 Å². The quantitative estimate of drug-likeness (QED) is 0.150. The van der Waals surface area contributed by atoms with Crippen molar-refractivity contribution in [3.8, 4) is 0 Å². The summed E-state index contributed by atoms with van der Waals surface area (Å²) in [5.74, 6) is -1.06. The molecule has 51 heavy (non-hydrogen) atoms. The first-order valence-electron chi connectivity index (χ1n) is 14.6. The fourth-order valence-electron chi connectivity index (χ4n) is 4.48. The second-order valence-corrected chi connectivity index (χ2v) is 15.2. The summed E-state index contributed by atoms with van der Waals surface area (Å²) in [6, 6.07) is 20.5. The first-order chi connectivity index (χ1) is 24.0.